The molecule has 1 saturated heterocycles. The van der Waals surface area contributed by atoms with Gasteiger partial charge in [0.25, 0.3) is 5.91 Å². The number of rotatable bonds is 2. The number of carbonyl (C=O) groups is 1. The molecule has 4 nitrogen and oxygen atoms in total. The third-order valence-electron chi connectivity index (χ3n) is 3.44. The average molecular weight is 284 g/mol. The topological polar surface area (TPSA) is 49.6 Å². The second-order valence-electron chi connectivity index (χ2n) is 4.85. The number of carbonyl (C=O) groups excluding carboxylic acids is 1. The van der Waals surface area contributed by atoms with Gasteiger partial charge in [0.05, 0.1) is 0 Å². The molecule has 1 amide bonds. The molecule has 0 radical (unpaired) electrons. The van der Waals surface area contributed by atoms with Crippen molar-refractivity contribution in [1.29, 1.82) is 0 Å². The van der Waals surface area contributed by atoms with Crippen molar-refractivity contribution in [3.05, 3.63) is 35.4 Å². The largest absolute Gasteiger partial charge is 0.337 e. The van der Waals surface area contributed by atoms with Crippen LogP contribution in [0.25, 0.3) is 0 Å². The Hall–Kier alpha value is -1.10. The van der Waals surface area contributed by atoms with Gasteiger partial charge < -0.3 is 15.5 Å². The van der Waals surface area contributed by atoms with Crippen LogP contribution in [0.5, 0.6) is 0 Å². The van der Waals surface area contributed by atoms with Crippen LogP contribution in [-0.2, 0) is 6.54 Å². The normalized spacial score (nSPS) is 16.6. The molecule has 106 valence electrons. The molecule has 0 atom stereocenters. The molecule has 0 saturated carbocycles. The number of hydrogen-bond donors (Lipinski definition) is 1. The van der Waals surface area contributed by atoms with Crippen molar-refractivity contribution in [2.24, 2.45) is 5.73 Å². The Labute approximate surface area is 121 Å². The second-order valence-corrected chi connectivity index (χ2v) is 4.85. The maximum atomic E-state index is 12.3. The first-order valence-corrected chi connectivity index (χ1v) is 6.47. The summed E-state index contributed by atoms with van der Waals surface area (Å²) in [5.74, 6) is 0.133. The van der Waals surface area contributed by atoms with Gasteiger partial charge in [0.15, 0.2) is 0 Å². The summed E-state index contributed by atoms with van der Waals surface area (Å²) in [6, 6.07) is 7.60. The van der Waals surface area contributed by atoms with Crippen LogP contribution in [0.1, 0.15) is 22.3 Å². The van der Waals surface area contributed by atoms with E-state index >= 15 is 0 Å². The number of nitrogens with two attached hydrogens (primary N) is 1. The molecular formula is C14H22ClN3O. The Morgan fingerprint density at radius 1 is 1.16 bits per heavy atom. The van der Waals surface area contributed by atoms with Crippen molar-refractivity contribution in [2.45, 2.75) is 13.0 Å². The molecule has 0 bridgehead atoms. The van der Waals surface area contributed by atoms with Gasteiger partial charge in [0, 0.05) is 31.7 Å². The lowest BCUT2D eigenvalue weighted by molar-refractivity contribution is 0.0763. The average Bonchev–Trinajstić information content (AvgIpc) is 2.63. The Morgan fingerprint density at radius 2 is 1.84 bits per heavy atom. The van der Waals surface area contributed by atoms with Crippen molar-refractivity contribution in [1.82, 2.24) is 9.80 Å². The van der Waals surface area contributed by atoms with Crippen LogP contribution >= 0.6 is 12.4 Å². The fourth-order valence-corrected chi connectivity index (χ4v) is 2.22. The lowest BCUT2D eigenvalue weighted by Gasteiger charge is -2.20. The zero-order chi connectivity index (χ0) is 13.0. The lowest BCUT2D eigenvalue weighted by Crippen LogP contribution is -2.34. The van der Waals surface area contributed by atoms with Crippen LogP contribution in [0.15, 0.2) is 24.3 Å². The summed E-state index contributed by atoms with van der Waals surface area (Å²) in [6.45, 7) is 4.20. The molecule has 0 aromatic heterocycles. The zero-order valence-corrected chi connectivity index (χ0v) is 12.2. The Morgan fingerprint density at radius 3 is 2.47 bits per heavy atom. The van der Waals surface area contributed by atoms with Gasteiger partial charge in [-0.15, -0.1) is 12.4 Å². The van der Waals surface area contributed by atoms with Gasteiger partial charge in [0.1, 0.15) is 0 Å². The molecule has 2 N–H and O–H groups in total. The molecule has 1 aliphatic rings. The molecule has 1 aromatic rings. The van der Waals surface area contributed by atoms with Gasteiger partial charge in [-0.05, 0) is 37.7 Å². The highest BCUT2D eigenvalue weighted by atomic mass is 35.5. The van der Waals surface area contributed by atoms with E-state index in [4.69, 9.17) is 5.73 Å². The predicted molar refractivity (Wildman–Crippen MR) is 79.6 cm³/mol. The molecule has 0 spiro atoms. The fraction of sp³-hybridized carbons (Fsp3) is 0.500. The minimum absolute atomic E-state index is 0. The third kappa shape index (κ3) is 4.20. The Kier molecular flexibility index (Phi) is 6.28. The van der Waals surface area contributed by atoms with Gasteiger partial charge in [0.2, 0.25) is 0 Å². The van der Waals surface area contributed by atoms with Crippen molar-refractivity contribution in [3.63, 3.8) is 0 Å². The number of amides is 1. The van der Waals surface area contributed by atoms with E-state index in [1.54, 1.807) is 0 Å². The van der Waals surface area contributed by atoms with Crippen molar-refractivity contribution in [2.75, 3.05) is 33.2 Å². The van der Waals surface area contributed by atoms with E-state index in [0.717, 1.165) is 43.7 Å². The smallest absolute Gasteiger partial charge is 0.253 e. The lowest BCUT2D eigenvalue weighted by atomic mass is 10.1. The second kappa shape index (κ2) is 7.48. The summed E-state index contributed by atoms with van der Waals surface area (Å²) >= 11 is 0. The van der Waals surface area contributed by atoms with E-state index in [-0.39, 0.29) is 18.3 Å². The molecule has 1 fully saturated rings. The molecule has 2 rings (SSSR count). The van der Waals surface area contributed by atoms with Crippen LogP contribution in [0.4, 0.5) is 0 Å². The minimum Gasteiger partial charge on any atom is -0.337 e. The highest BCUT2D eigenvalue weighted by Gasteiger charge is 2.18. The number of halogens is 1. The van der Waals surface area contributed by atoms with Gasteiger partial charge in [-0.3, -0.25) is 4.79 Å². The van der Waals surface area contributed by atoms with E-state index in [1.807, 2.05) is 29.2 Å². The quantitative estimate of drug-likeness (QED) is 0.891. The summed E-state index contributed by atoms with van der Waals surface area (Å²) in [6.07, 6.45) is 1.04. The standard InChI is InChI=1S/C14H21N3O.ClH/c1-16-7-2-8-17(10-9-16)14(18)13-5-3-12(11-15)4-6-13;/h3-6H,2,7-11,15H2,1H3;1H. The highest BCUT2D eigenvalue weighted by molar-refractivity contribution is 5.94. The third-order valence-corrected chi connectivity index (χ3v) is 3.44. The van der Waals surface area contributed by atoms with Gasteiger partial charge in [-0.2, -0.15) is 0 Å². The van der Waals surface area contributed by atoms with Crippen molar-refractivity contribution in [3.8, 4) is 0 Å². The predicted octanol–water partition coefficient (Wildman–Crippen LogP) is 1.34. The van der Waals surface area contributed by atoms with Crippen LogP contribution in [0.3, 0.4) is 0 Å². The SMILES string of the molecule is CN1CCCN(C(=O)c2ccc(CN)cc2)CC1.Cl. The minimum atomic E-state index is 0. The molecule has 1 heterocycles. The van der Waals surface area contributed by atoms with Gasteiger partial charge in [-0.1, -0.05) is 12.1 Å². The van der Waals surface area contributed by atoms with E-state index < -0.39 is 0 Å². The number of benzene rings is 1. The summed E-state index contributed by atoms with van der Waals surface area (Å²) in [4.78, 5) is 16.5. The van der Waals surface area contributed by atoms with E-state index in [9.17, 15) is 4.79 Å². The highest BCUT2D eigenvalue weighted by Crippen LogP contribution is 2.10. The Bertz CT molecular complexity index is 408. The first-order chi connectivity index (χ1) is 8.70. The molecule has 1 aromatic carbocycles. The summed E-state index contributed by atoms with van der Waals surface area (Å²) in [7, 11) is 2.10. The summed E-state index contributed by atoms with van der Waals surface area (Å²) in [5.41, 5.74) is 7.37. The van der Waals surface area contributed by atoms with Gasteiger partial charge in [-0.25, -0.2) is 0 Å². The van der Waals surface area contributed by atoms with E-state index in [0.29, 0.717) is 6.54 Å². The van der Waals surface area contributed by atoms with E-state index in [1.165, 1.54) is 0 Å². The summed E-state index contributed by atoms with van der Waals surface area (Å²) in [5, 5.41) is 0. The van der Waals surface area contributed by atoms with Crippen LogP contribution in [-0.4, -0.2) is 48.9 Å². The molecule has 19 heavy (non-hydrogen) atoms. The molecular weight excluding hydrogens is 262 g/mol. The van der Waals surface area contributed by atoms with Crippen molar-refractivity contribution < 1.29 is 4.79 Å². The van der Waals surface area contributed by atoms with Crippen molar-refractivity contribution >= 4 is 18.3 Å². The molecule has 0 aliphatic carbocycles. The fourth-order valence-electron chi connectivity index (χ4n) is 2.22. The monoisotopic (exact) mass is 283 g/mol. The zero-order valence-electron chi connectivity index (χ0n) is 11.3. The molecule has 1 aliphatic heterocycles. The van der Waals surface area contributed by atoms with Crippen LogP contribution < -0.4 is 5.73 Å². The van der Waals surface area contributed by atoms with Gasteiger partial charge >= 0.3 is 0 Å². The van der Waals surface area contributed by atoms with Crippen LogP contribution in [0, 0.1) is 0 Å². The molecule has 0 unspecified atom stereocenters. The number of hydrogen-bond acceptors (Lipinski definition) is 3. The van der Waals surface area contributed by atoms with E-state index in [2.05, 4.69) is 11.9 Å². The van der Waals surface area contributed by atoms with Crippen LogP contribution in [0.2, 0.25) is 0 Å². The summed E-state index contributed by atoms with van der Waals surface area (Å²) < 4.78 is 0. The number of likely N-dealkylation sites (N-methyl/N-ethyl adjacent to an activating group) is 1. The first kappa shape index (κ1) is 16.0. The maximum absolute atomic E-state index is 12.3. The first-order valence-electron chi connectivity index (χ1n) is 6.47. The molecule has 5 heteroatoms. The maximum Gasteiger partial charge on any atom is 0.253 e. The Balaban J connectivity index is 0.00000180. The number of nitrogens with zero attached hydrogens (tertiary/aromatic N) is 2.